The minimum absolute atomic E-state index is 0.313. The molecule has 1 N–H and O–H groups in total. The number of nitrogens with zero attached hydrogens (tertiary/aromatic N) is 1. The second-order valence-electron chi connectivity index (χ2n) is 5.37. The number of hydrogen-bond acceptors (Lipinski definition) is 5. The van der Waals surface area contributed by atoms with Gasteiger partial charge in [0.2, 0.25) is 15.9 Å². The fraction of sp³-hybridized carbons (Fsp3) is 0.500. The zero-order valence-corrected chi connectivity index (χ0v) is 15.2. The predicted octanol–water partition coefficient (Wildman–Crippen LogP) is 2.52. The summed E-state index contributed by atoms with van der Waals surface area (Å²) in [5.74, 6) is -0.661. The fourth-order valence-corrected chi connectivity index (χ4v) is 4.73. The molecule has 0 aliphatic heterocycles. The maximum absolute atomic E-state index is 12.3. The molecule has 122 valence electrons. The van der Waals surface area contributed by atoms with E-state index < -0.39 is 10.0 Å². The van der Waals surface area contributed by atoms with E-state index in [1.165, 1.54) is 7.05 Å². The summed E-state index contributed by atoms with van der Waals surface area (Å²) in [4.78, 5) is 13.4. The molecule has 1 heterocycles. The van der Waals surface area contributed by atoms with Crippen LogP contribution in [0.4, 0.5) is 5.00 Å². The molecule has 0 spiro atoms. The molecule has 8 heteroatoms. The van der Waals surface area contributed by atoms with E-state index in [0.29, 0.717) is 24.3 Å². The van der Waals surface area contributed by atoms with E-state index in [4.69, 9.17) is 11.6 Å². The Kier molecular flexibility index (Phi) is 4.89. The molecule has 0 aromatic carbocycles. The van der Waals surface area contributed by atoms with Crippen LogP contribution in [-0.4, -0.2) is 39.0 Å². The first-order chi connectivity index (χ1) is 10.2. The van der Waals surface area contributed by atoms with Gasteiger partial charge in [0, 0.05) is 35.5 Å². The third kappa shape index (κ3) is 3.16. The number of sulfonamides is 1. The Morgan fingerprint density at radius 2 is 2.14 bits per heavy atom. The van der Waals surface area contributed by atoms with Gasteiger partial charge in [-0.05, 0) is 24.8 Å². The monoisotopic (exact) mass is 362 g/mol. The second kappa shape index (κ2) is 6.22. The quantitative estimate of drug-likeness (QED) is 0.893. The average Bonchev–Trinajstić information content (AvgIpc) is 2.82. The highest BCUT2D eigenvalue weighted by molar-refractivity contribution is 7.88. The lowest BCUT2D eigenvalue weighted by Gasteiger charge is -2.25. The summed E-state index contributed by atoms with van der Waals surface area (Å²) in [6.07, 6.45) is 2.89. The van der Waals surface area contributed by atoms with Gasteiger partial charge in [-0.1, -0.05) is 18.2 Å². The first-order valence-electron chi connectivity index (χ1n) is 6.81. The smallest absolute Gasteiger partial charge is 0.239 e. The maximum Gasteiger partial charge on any atom is 0.239 e. The molecule has 0 saturated carbocycles. The molecule has 1 atom stereocenters. The molecular weight excluding hydrogens is 344 g/mol. The molecule has 1 aliphatic carbocycles. The van der Waals surface area contributed by atoms with Crippen molar-refractivity contribution in [1.82, 2.24) is 4.31 Å². The van der Waals surface area contributed by atoms with Crippen LogP contribution in [0.2, 0.25) is 0 Å². The zero-order chi connectivity index (χ0) is 16.7. The second-order valence-corrected chi connectivity index (χ2v) is 8.95. The van der Waals surface area contributed by atoms with Gasteiger partial charge in [-0.15, -0.1) is 11.3 Å². The molecule has 2 rings (SSSR count). The van der Waals surface area contributed by atoms with Gasteiger partial charge in [0.25, 0.3) is 0 Å². The number of amides is 1. The van der Waals surface area contributed by atoms with E-state index in [9.17, 15) is 13.2 Å². The predicted molar refractivity (Wildman–Crippen MR) is 91.9 cm³/mol. The largest absolute Gasteiger partial charge is 0.379 e. The maximum atomic E-state index is 12.3. The summed E-state index contributed by atoms with van der Waals surface area (Å²) in [5.41, 5.74) is 2.05. The Labute approximate surface area is 140 Å². The van der Waals surface area contributed by atoms with Crippen LogP contribution in [0.5, 0.6) is 0 Å². The van der Waals surface area contributed by atoms with Crippen molar-refractivity contribution in [3.63, 3.8) is 0 Å². The molecule has 5 nitrogen and oxygen atoms in total. The standard InChI is InChI=1S/C14H19ClN2O3S2/c1-8(15)12-10-6-5-9(7-11(10)21-13(12)16-2)14(18)17(3)22(4,19)20/h9,16H,1,5-7H2,2-4H3. The van der Waals surface area contributed by atoms with Crippen molar-refractivity contribution >= 4 is 48.9 Å². The Balaban J connectivity index is 2.30. The Morgan fingerprint density at radius 3 is 2.64 bits per heavy atom. The van der Waals surface area contributed by atoms with Gasteiger partial charge in [0.1, 0.15) is 0 Å². The van der Waals surface area contributed by atoms with E-state index in [-0.39, 0.29) is 11.8 Å². The van der Waals surface area contributed by atoms with Crippen molar-refractivity contribution in [3.8, 4) is 0 Å². The van der Waals surface area contributed by atoms with E-state index in [1.807, 2.05) is 7.05 Å². The van der Waals surface area contributed by atoms with Gasteiger partial charge >= 0.3 is 0 Å². The van der Waals surface area contributed by atoms with E-state index in [0.717, 1.165) is 31.6 Å². The summed E-state index contributed by atoms with van der Waals surface area (Å²) in [7, 11) is -0.378. The van der Waals surface area contributed by atoms with Crippen molar-refractivity contribution in [1.29, 1.82) is 0 Å². The van der Waals surface area contributed by atoms with Crippen LogP contribution in [0.25, 0.3) is 5.03 Å². The molecule has 0 bridgehead atoms. The summed E-state index contributed by atoms with van der Waals surface area (Å²) < 4.78 is 23.9. The number of anilines is 1. The van der Waals surface area contributed by atoms with E-state index in [2.05, 4.69) is 11.9 Å². The van der Waals surface area contributed by atoms with Gasteiger partial charge in [-0.2, -0.15) is 0 Å². The molecule has 22 heavy (non-hydrogen) atoms. The van der Waals surface area contributed by atoms with Gasteiger partial charge in [-0.3, -0.25) is 4.79 Å². The summed E-state index contributed by atoms with van der Waals surface area (Å²) in [6, 6.07) is 0. The van der Waals surface area contributed by atoms with Crippen LogP contribution in [0.3, 0.4) is 0 Å². The van der Waals surface area contributed by atoms with Crippen LogP contribution < -0.4 is 5.32 Å². The molecule has 0 radical (unpaired) electrons. The van der Waals surface area contributed by atoms with Gasteiger partial charge in [0.05, 0.1) is 11.3 Å². The van der Waals surface area contributed by atoms with E-state index >= 15 is 0 Å². The number of carbonyl (C=O) groups excluding carboxylic acids is 1. The topological polar surface area (TPSA) is 66.5 Å². The first kappa shape index (κ1) is 17.3. The summed E-state index contributed by atoms with van der Waals surface area (Å²) >= 11 is 7.65. The number of rotatable bonds is 4. The lowest BCUT2D eigenvalue weighted by Crippen LogP contribution is -2.38. The summed E-state index contributed by atoms with van der Waals surface area (Å²) in [6.45, 7) is 3.81. The highest BCUT2D eigenvalue weighted by Gasteiger charge is 2.33. The molecule has 1 aromatic rings. The van der Waals surface area contributed by atoms with Crippen LogP contribution >= 0.6 is 22.9 Å². The molecule has 1 aliphatic rings. The third-order valence-corrected chi connectivity index (χ3v) is 6.56. The van der Waals surface area contributed by atoms with Crippen molar-refractivity contribution < 1.29 is 13.2 Å². The molecular formula is C14H19ClN2O3S2. The zero-order valence-electron chi connectivity index (χ0n) is 12.8. The normalized spacial score (nSPS) is 17.7. The summed E-state index contributed by atoms with van der Waals surface area (Å²) in [5, 5.41) is 4.53. The fourth-order valence-electron chi connectivity index (χ4n) is 2.68. The highest BCUT2D eigenvalue weighted by Crippen LogP contribution is 2.43. The number of hydrogen-bond donors (Lipinski definition) is 1. The van der Waals surface area contributed by atoms with Gasteiger partial charge < -0.3 is 5.32 Å². The number of nitrogens with one attached hydrogen (secondary N) is 1. The number of halogens is 1. The lowest BCUT2D eigenvalue weighted by molar-refractivity contribution is -0.130. The minimum Gasteiger partial charge on any atom is -0.379 e. The number of carbonyl (C=O) groups is 1. The van der Waals surface area contributed by atoms with Crippen molar-refractivity contribution in [3.05, 3.63) is 22.6 Å². The van der Waals surface area contributed by atoms with E-state index in [1.54, 1.807) is 11.3 Å². The van der Waals surface area contributed by atoms with Crippen molar-refractivity contribution in [2.24, 2.45) is 5.92 Å². The number of fused-ring (bicyclic) bond motifs is 1. The van der Waals surface area contributed by atoms with Gasteiger partial charge in [0.15, 0.2) is 0 Å². The third-order valence-electron chi connectivity index (χ3n) is 3.92. The molecule has 0 saturated heterocycles. The van der Waals surface area contributed by atoms with Crippen LogP contribution in [-0.2, 0) is 27.7 Å². The van der Waals surface area contributed by atoms with Gasteiger partial charge in [-0.25, -0.2) is 12.7 Å². The van der Waals surface area contributed by atoms with Crippen LogP contribution in [0.15, 0.2) is 6.58 Å². The SMILES string of the molecule is C=C(Cl)c1c(NC)sc2c1CCC(C(=O)N(C)S(C)(=O)=O)C2. The molecule has 1 amide bonds. The average molecular weight is 363 g/mol. The van der Waals surface area contributed by atoms with Crippen LogP contribution in [0.1, 0.15) is 22.4 Å². The number of thiophene rings is 1. The minimum atomic E-state index is -3.51. The molecule has 1 aromatic heterocycles. The Hall–Kier alpha value is -1.05. The Bertz CT molecular complexity index is 725. The first-order valence-corrected chi connectivity index (χ1v) is 9.85. The van der Waals surface area contributed by atoms with Crippen molar-refractivity contribution in [2.45, 2.75) is 19.3 Å². The molecule has 0 fully saturated rings. The van der Waals surface area contributed by atoms with Crippen molar-refractivity contribution in [2.75, 3.05) is 25.7 Å². The van der Waals surface area contributed by atoms with Crippen LogP contribution in [0, 0.1) is 5.92 Å². The lowest BCUT2D eigenvalue weighted by atomic mass is 9.86. The molecule has 1 unspecified atom stereocenters. The highest BCUT2D eigenvalue weighted by atomic mass is 35.5. The Morgan fingerprint density at radius 1 is 1.50 bits per heavy atom.